The van der Waals surface area contributed by atoms with E-state index in [-0.39, 0.29) is 22.4 Å². The average molecular weight is 423 g/mol. The molecule has 0 aliphatic carbocycles. The van der Waals surface area contributed by atoms with Crippen LogP contribution in [0.25, 0.3) is 0 Å². The minimum atomic E-state index is -3.74. The molecular formula is C20H23ClN2O4S. The lowest BCUT2D eigenvalue weighted by molar-refractivity contribution is -0.120. The standard InChI is InChI=1S/C20H23ClN2O4S/c1-2-27-19-11-10-17(13-18(19)21)28(25,26)23-12-6-7-15(14-23)20(24)22-16-8-4-3-5-9-16/h3-5,8-11,13,15H,2,6-7,12,14H2,1H3,(H,22,24)/t15-/m1/s1. The molecule has 0 saturated carbocycles. The Bertz CT molecular complexity index is 934. The average Bonchev–Trinajstić information content (AvgIpc) is 2.70. The summed E-state index contributed by atoms with van der Waals surface area (Å²) in [4.78, 5) is 12.7. The van der Waals surface area contributed by atoms with Gasteiger partial charge in [0.1, 0.15) is 5.75 Å². The zero-order chi connectivity index (χ0) is 20.1. The fourth-order valence-electron chi connectivity index (χ4n) is 3.20. The van der Waals surface area contributed by atoms with Gasteiger partial charge in [0.25, 0.3) is 0 Å². The first-order valence-electron chi connectivity index (χ1n) is 9.20. The van der Waals surface area contributed by atoms with Gasteiger partial charge in [-0.3, -0.25) is 4.79 Å². The van der Waals surface area contributed by atoms with Crippen molar-refractivity contribution in [1.29, 1.82) is 0 Å². The van der Waals surface area contributed by atoms with E-state index >= 15 is 0 Å². The van der Waals surface area contributed by atoms with Crippen molar-refractivity contribution in [1.82, 2.24) is 4.31 Å². The molecule has 150 valence electrons. The molecule has 28 heavy (non-hydrogen) atoms. The molecule has 8 heteroatoms. The molecule has 1 aliphatic rings. The molecule has 3 rings (SSSR count). The number of rotatable bonds is 6. The van der Waals surface area contributed by atoms with Crippen LogP contribution in [-0.2, 0) is 14.8 Å². The van der Waals surface area contributed by atoms with Crippen LogP contribution in [0.1, 0.15) is 19.8 Å². The Balaban J connectivity index is 1.73. The third-order valence-electron chi connectivity index (χ3n) is 4.64. The highest BCUT2D eigenvalue weighted by atomic mass is 35.5. The SMILES string of the molecule is CCOc1ccc(S(=O)(=O)N2CCC[C@@H](C(=O)Nc3ccccc3)C2)cc1Cl. The van der Waals surface area contributed by atoms with Crippen LogP contribution in [0.15, 0.2) is 53.4 Å². The van der Waals surface area contributed by atoms with E-state index < -0.39 is 15.9 Å². The number of para-hydroxylation sites is 1. The summed E-state index contributed by atoms with van der Waals surface area (Å²) in [5.74, 6) is -0.125. The number of carbonyl (C=O) groups is 1. The Hall–Kier alpha value is -2.09. The van der Waals surface area contributed by atoms with Gasteiger partial charge < -0.3 is 10.1 Å². The van der Waals surface area contributed by atoms with Crippen molar-refractivity contribution in [2.75, 3.05) is 25.0 Å². The summed E-state index contributed by atoms with van der Waals surface area (Å²) in [6.45, 7) is 2.79. The monoisotopic (exact) mass is 422 g/mol. The molecule has 2 aromatic rings. The number of nitrogens with one attached hydrogen (secondary N) is 1. The van der Waals surface area contributed by atoms with Gasteiger partial charge in [-0.05, 0) is 50.1 Å². The number of nitrogens with zero attached hydrogens (tertiary/aromatic N) is 1. The summed E-state index contributed by atoms with van der Waals surface area (Å²) in [5.41, 5.74) is 0.700. The summed E-state index contributed by atoms with van der Waals surface area (Å²) < 4.78 is 32.8. The minimum absolute atomic E-state index is 0.102. The Morgan fingerprint density at radius 1 is 1.25 bits per heavy atom. The van der Waals surface area contributed by atoms with Crippen LogP contribution >= 0.6 is 11.6 Å². The second-order valence-electron chi connectivity index (χ2n) is 6.58. The number of piperidine rings is 1. The van der Waals surface area contributed by atoms with Crippen LogP contribution < -0.4 is 10.1 Å². The van der Waals surface area contributed by atoms with Gasteiger partial charge in [0, 0.05) is 18.8 Å². The Kier molecular flexibility index (Phi) is 6.59. The first-order chi connectivity index (χ1) is 13.4. The van der Waals surface area contributed by atoms with Gasteiger partial charge in [0.2, 0.25) is 15.9 Å². The summed E-state index contributed by atoms with van der Waals surface area (Å²) in [6.07, 6.45) is 1.27. The molecule has 1 fully saturated rings. The number of benzene rings is 2. The molecule has 2 aromatic carbocycles. The van der Waals surface area contributed by atoms with Gasteiger partial charge in [-0.2, -0.15) is 4.31 Å². The molecule has 0 radical (unpaired) electrons. The number of carbonyl (C=O) groups excluding carboxylic acids is 1. The van der Waals surface area contributed by atoms with Crippen molar-refractivity contribution in [3.63, 3.8) is 0 Å². The van der Waals surface area contributed by atoms with Crippen LogP contribution in [0.5, 0.6) is 5.75 Å². The van der Waals surface area contributed by atoms with E-state index in [1.807, 2.05) is 25.1 Å². The molecule has 1 atom stereocenters. The van der Waals surface area contributed by atoms with Crippen LogP contribution in [0.2, 0.25) is 5.02 Å². The van der Waals surface area contributed by atoms with Crippen molar-refractivity contribution in [2.45, 2.75) is 24.7 Å². The Labute approximate surface area is 170 Å². The van der Waals surface area contributed by atoms with Gasteiger partial charge in [-0.1, -0.05) is 29.8 Å². The van der Waals surface area contributed by atoms with E-state index in [0.29, 0.717) is 37.4 Å². The normalized spacial score (nSPS) is 17.9. The third kappa shape index (κ3) is 4.66. The second kappa shape index (κ2) is 8.94. The van der Waals surface area contributed by atoms with Crippen LogP contribution in [-0.4, -0.2) is 38.3 Å². The molecule has 0 spiro atoms. The first-order valence-corrected chi connectivity index (χ1v) is 11.0. The molecule has 1 aliphatic heterocycles. The van der Waals surface area contributed by atoms with Gasteiger partial charge in [0.15, 0.2) is 0 Å². The highest BCUT2D eigenvalue weighted by Gasteiger charge is 2.33. The van der Waals surface area contributed by atoms with E-state index in [9.17, 15) is 13.2 Å². The van der Waals surface area contributed by atoms with E-state index in [4.69, 9.17) is 16.3 Å². The topological polar surface area (TPSA) is 75.7 Å². The summed E-state index contributed by atoms with van der Waals surface area (Å²) in [6, 6.07) is 13.6. The second-order valence-corrected chi connectivity index (χ2v) is 8.93. The first kappa shape index (κ1) is 20.6. The molecule has 1 N–H and O–H groups in total. The number of sulfonamides is 1. The van der Waals surface area contributed by atoms with Gasteiger partial charge in [0.05, 0.1) is 22.4 Å². The van der Waals surface area contributed by atoms with E-state index in [1.54, 1.807) is 18.2 Å². The number of halogens is 1. The highest BCUT2D eigenvalue weighted by Crippen LogP contribution is 2.30. The van der Waals surface area contributed by atoms with Crippen molar-refractivity contribution in [2.24, 2.45) is 5.92 Å². The maximum absolute atomic E-state index is 13.0. The van der Waals surface area contributed by atoms with Gasteiger partial charge in [-0.15, -0.1) is 0 Å². The molecule has 1 heterocycles. The molecule has 1 amide bonds. The molecule has 0 bridgehead atoms. The summed E-state index contributed by atoms with van der Waals surface area (Å²) in [5, 5.41) is 3.10. The molecule has 0 aromatic heterocycles. The van der Waals surface area contributed by atoms with E-state index in [2.05, 4.69) is 5.32 Å². The van der Waals surface area contributed by atoms with Crippen LogP contribution in [0, 0.1) is 5.92 Å². The quantitative estimate of drug-likeness (QED) is 0.768. The molecular weight excluding hydrogens is 400 g/mol. The van der Waals surface area contributed by atoms with Crippen molar-refractivity contribution >= 4 is 33.2 Å². The third-order valence-corrected chi connectivity index (χ3v) is 6.79. The largest absolute Gasteiger partial charge is 0.492 e. The lowest BCUT2D eigenvalue weighted by Crippen LogP contribution is -2.43. The lowest BCUT2D eigenvalue weighted by atomic mass is 9.99. The smallest absolute Gasteiger partial charge is 0.243 e. The molecule has 1 saturated heterocycles. The van der Waals surface area contributed by atoms with Gasteiger partial charge in [-0.25, -0.2) is 8.42 Å². The number of hydrogen-bond donors (Lipinski definition) is 1. The summed E-state index contributed by atoms with van der Waals surface area (Å²) >= 11 is 6.15. The number of amides is 1. The predicted molar refractivity (Wildman–Crippen MR) is 109 cm³/mol. The molecule has 0 unspecified atom stereocenters. The maximum Gasteiger partial charge on any atom is 0.243 e. The van der Waals surface area contributed by atoms with Gasteiger partial charge >= 0.3 is 0 Å². The highest BCUT2D eigenvalue weighted by molar-refractivity contribution is 7.89. The minimum Gasteiger partial charge on any atom is -0.492 e. The van der Waals surface area contributed by atoms with E-state index in [0.717, 1.165) is 0 Å². The fourth-order valence-corrected chi connectivity index (χ4v) is 5.05. The van der Waals surface area contributed by atoms with Crippen LogP contribution in [0.4, 0.5) is 5.69 Å². The van der Waals surface area contributed by atoms with Crippen molar-refractivity contribution in [3.05, 3.63) is 53.6 Å². The zero-order valence-electron chi connectivity index (χ0n) is 15.6. The predicted octanol–water partition coefficient (Wildman–Crippen LogP) is 3.78. The number of anilines is 1. The maximum atomic E-state index is 13.0. The molecule has 6 nitrogen and oxygen atoms in total. The summed E-state index contributed by atoms with van der Waals surface area (Å²) in [7, 11) is -3.74. The number of hydrogen-bond acceptors (Lipinski definition) is 4. The number of ether oxygens (including phenoxy) is 1. The Morgan fingerprint density at radius 2 is 2.00 bits per heavy atom. The lowest BCUT2D eigenvalue weighted by Gasteiger charge is -2.31. The van der Waals surface area contributed by atoms with Crippen LogP contribution in [0.3, 0.4) is 0 Å². The Morgan fingerprint density at radius 3 is 2.68 bits per heavy atom. The fraction of sp³-hybridized carbons (Fsp3) is 0.350. The van der Waals surface area contributed by atoms with Crippen molar-refractivity contribution in [3.8, 4) is 5.75 Å². The van der Waals surface area contributed by atoms with E-state index in [1.165, 1.54) is 16.4 Å². The zero-order valence-corrected chi connectivity index (χ0v) is 17.2. The van der Waals surface area contributed by atoms with Crippen molar-refractivity contribution < 1.29 is 17.9 Å².